The van der Waals surface area contributed by atoms with Crippen molar-refractivity contribution >= 4 is 21.8 Å². The highest BCUT2D eigenvalue weighted by atomic mass is 79.9. The Morgan fingerprint density at radius 3 is 2.75 bits per heavy atom. The molecule has 0 atom stereocenters. The van der Waals surface area contributed by atoms with Crippen LogP contribution in [0.25, 0.3) is 0 Å². The Balaban J connectivity index is 2.07. The highest BCUT2D eigenvalue weighted by Crippen LogP contribution is 2.21. The molecule has 20 heavy (non-hydrogen) atoms. The third kappa shape index (κ3) is 3.79. The van der Waals surface area contributed by atoms with Crippen LogP contribution in [0.15, 0.2) is 22.7 Å². The number of carbonyl (C=O) groups is 1. The lowest BCUT2D eigenvalue weighted by molar-refractivity contribution is 0.0726. The molecule has 2 rings (SSSR count). The number of rotatable bonds is 4. The maximum atomic E-state index is 13.1. The molecule has 0 aliphatic carbocycles. The first kappa shape index (κ1) is 15.4. The first-order chi connectivity index (χ1) is 9.61. The number of hydrogen-bond donors (Lipinski definition) is 1. The summed E-state index contributed by atoms with van der Waals surface area (Å²) in [4.78, 5) is 14.4. The van der Waals surface area contributed by atoms with Gasteiger partial charge in [0.1, 0.15) is 5.82 Å². The molecule has 0 unspecified atom stereocenters. The molecule has 1 aromatic carbocycles. The summed E-state index contributed by atoms with van der Waals surface area (Å²) < 4.78 is 13.6. The fraction of sp³-hybridized carbons (Fsp3) is 0.533. The number of benzene rings is 1. The van der Waals surface area contributed by atoms with E-state index >= 15 is 0 Å². The van der Waals surface area contributed by atoms with E-state index in [1.54, 1.807) is 6.07 Å². The van der Waals surface area contributed by atoms with Gasteiger partial charge in [0, 0.05) is 17.6 Å². The van der Waals surface area contributed by atoms with Gasteiger partial charge in [0.25, 0.3) is 5.91 Å². The molecule has 1 aliphatic heterocycles. The molecule has 0 radical (unpaired) electrons. The first-order valence-corrected chi connectivity index (χ1v) is 7.86. The molecule has 5 heteroatoms. The first-order valence-electron chi connectivity index (χ1n) is 7.07. The van der Waals surface area contributed by atoms with Crippen molar-refractivity contribution in [2.75, 3.05) is 26.2 Å². The standard InChI is InChI=1S/C15H20BrFN2O/c1-2-19(10-11-5-7-18-8-6-11)15(20)13-4-3-12(17)9-14(13)16/h3-4,9,11,18H,2,5-8,10H2,1H3. The van der Waals surface area contributed by atoms with Gasteiger partial charge < -0.3 is 10.2 Å². The highest BCUT2D eigenvalue weighted by Gasteiger charge is 2.22. The molecule has 1 amide bonds. The predicted molar refractivity (Wildman–Crippen MR) is 81.3 cm³/mol. The molecule has 1 aromatic rings. The smallest absolute Gasteiger partial charge is 0.255 e. The molecule has 3 nitrogen and oxygen atoms in total. The van der Waals surface area contributed by atoms with Crippen LogP contribution in [0, 0.1) is 11.7 Å². The zero-order chi connectivity index (χ0) is 14.5. The van der Waals surface area contributed by atoms with Crippen LogP contribution in [-0.2, 0) is 0 Å². The van der Waals surface area contributed by atoms with Crippen LogP contribution in [0.3, 0.4) is 0 Å². The van der Waals surface area contributed by atoms with Crippen molar-refractivity contribution in [1.82, 2.24) is 10.2 Å². The summed E-state index contributed by atoms with van der Waals surface area (Å²) >= 11 is 3.27. The predicted octanol–water partition coefficient (Wildman–Crippen LogP) is 3.05. The van der Waals surface area contributed by atoms with E-state index in [1.807, 2.05) is 11.8 Å². The molecule has 0 bridgehead atoms. The molecule has 1 saturated heterocycles. The van der Waals surface area contributed by atoms with Crippen LogP contribution >= 0.6 is 15.9 Å². The Hall–Kier alpha value is -0.940. The lowest BCUT2D eigenvalue weighted by Gasteiger charge is -2.29. The Morgan fingerprint density at radius 1 is 1.45 bits per heavy atom. The lowest BCUT2D eigenvalue weighted by Crippen LogP contribution is -2.39. The van der Waals surface area contributed by atoms with Crippen LogP contribution in [0.2, 0.25) is 0 Å². The number of nitrogens with one attached hydrogen (secondary N) is 1. The molecule has 1 fully saturated rings. The van der Waals surface area contributed by atoms with E-state index in [-0.39, 0.29) is 11.7 Å². The van der Waals surface area contributed by atoms with Crippen LogP contribution < -0.4 is 5.32 Å². The second-order valence-electron chi connectivity index (χ2n) is 5.16. The fourth-order valence-corrected chi connectivity index (χ4v) is 3.09. The number of piperidine rings is 1. The van der Waals surface area contributed by atoms with E-state index in [1.165, 1.54) is 12.1 Å². The summed E-state index contributed by atoms with van der Waals surface area (Å²) in [6.07, 6.45) is 2.21. The Morgan fingerprint density at radius 2 is 2.15 bits per heavy atom. The van der Waals surface area contributed by atoms with Gasteiger partial charge in [-0.15, -0.1) is 0 Å². The van der Waals surface area contributed by atoms with E-state index in [4.69, 9.17) is 0 Å². The van der Waals surface area contributed by atoms with Crippen LogP contribution in [0.4, 0.5) is 4.39 Å². The van der Waals surface area contributed by atoms with E-state index in [0.29, 0.717) is 22.5 Å². The van der Waals surface area contributed by atoms with Gasteiger partial charge in [-0.2, -0.15) is 0 Å². The van der Waals surface area contributed by atoms with Gasteiger partial charge in [-0.05, 0) is 72.9 Å². The average molecular weight is 343 g/mol. The van der Waals surface area contributed by atoms with Gasteiger partial charge in [0.15, 0.2) is 0 Å². The van der Waals surface area contributed by atoms with E-state index in [0.717, 1.165) is 32.5 Å². The second-order valence-corrected chi connectivity index (χ2v) is 6.02. The molecule has 1 N–H and O–H groups in total. The summed E-state index contributed by atoms with van der Waals surface area (Å²) in [6.45, 7) is 5.48. The van der Waals surface area contributed by atoms with Gasteiger partial charge in [-0.1, -0.05) is 0 Å². The summed E-state index contributed by atoms with van der Waals surface area (Å²) in [5, 5.41) is 3.33. The summed E-state index contributed by atoms with van der Waals surface area (Å²) in [7, 11) is 0. The fourth-order valence-electron chi connectivity index (χ4n) is 2.56. The molecule has 0 aromatic heterocycles. The van der Waals surface area contributed by atoms with Crippen LogP contribution in [0.5, 0.6) is 0 Å². The maximum Gasteiger partial charge on any atom is 0.255 e. The topological polar surface area (TPSA) is 32.3 Å². The number of nitrogens with zero attached hydrogens (tertiary/aromatic N) is 1. The Kier molecular flexibility index (Phi) is 5.54. The van der Waals surface area contributed by atoms with Crippen LogP contribution in [0.1, 0.15) is 30.1 Å². The number of hydrogen-bond acceptors (Lipinski definition) is 2. The SMILES string of the molecule is CCN(CC1CCNCC1)C(=O)c1ccc(F)cc1Br. The molecule has 0 spiro atoms. The van der Waals surface area contributed by atoms with Crippen molar-refractivity contribution in [2.45, 2.75) is 19.8 Å². The zero-order valence-corrected chi connectivity index (χ0v) is 13.2. The molecule has 110 valence electrons. The Labute approximate surface area is 127 Å². The van der Waals surface area contributed by atoms with E-state index in [9.17, 15) is 9.18 Å². The minimum absolute atomic E-state index is 0.0297. The van der Waals surface area contributed by atoms with Crippen molar-refractivity contribution in [1.29, 1.82) is 0 Å². The number of amides is 1. The van der Waals surface area contributed by atoms with Gasteiger partial charge in [0.2, 0.25) is 0 Å². The monoisotopic (exact) mass is 342 g/mol. The van der Waals surface area contributed by atoms with E-state index in [2.05, 4.69) is 21.2 Å². The van der Waals surface area contributed by atoms with Crippen molar-refractivity contribution in [3.05, 3.63) is 34.1 Å². The summed E-state index contributed by atoms with van der Waals surface area (Å²) in [5.41, 5.74) is 0.530. The van der Waals surface area contributed by atoms with Gasteiger partial charge >= 0.3 is 0 Å². The van der Waals surface area contributed by atoms with Crippen LogP contribution in [-0.4, -0.2) is 37.0 Å². The minimum atomic E-state index is -0.338. The van der Waals surface area contributed by atoms with Crippen molar-refractivity contribution in [2.24, 2.45) is 5.92 Å². The molecule has 1 heterocycles. The maximum absolute atomic E-state index is 13.1. The third-order valence-corrected chi connectivity index (χ3v) is 4.42. The third-order valence-electron chi connectivity index (χ3n) is 3.77. The highest BCUT2D eigenvalue weighted by molar-refractivity contribution is 9.10. The quantitative estimate of drug-likeness (QED) is 0.911. The molecule has 0 saturated carbocycles. The van der Waals surface area contributed by atoms with Crippen molar-refractivity contribution < 1.29 is 9.18 Å². The lowest BCUT2D eigenvalue weighted by atomic mass is 9.97. The van der Waals surface area contributed by atoms with Gasteiger partial charge in [-0.3, -0.25) is 4.79 Å². The summed E-state index contributed by atoms with van der Waals surface area (Å²) in [5.74, 6) is 0.187. The number of carbonyl (C=O) groups excluding carboxylic acids is 1. The second kappa shape index (κ2) is 7.18. The number of halogens is 2. The van der Waals surface area contributed by atoms with Gasteiger partial charge in [0.05, 0.1) is 5.56 Å². The normalized spacial score (nSPS) is 16.1. The Bertz CT molecular complexity index is 475. The molecule has 1 aliphatic rings. The summed E-state index contributed by atoms with van der Waals surface area (Å²) in [6, 6.07) is 4.22. The molecular formula is C15H20BrFN2O. The average Bonchev–Trinajstić information content (AvgIpc) is 2.45. The van der Waals surface area contributed by atoms with Crippen molar-refractivity contribution in [3.8, 4) is 0 Å². The van der Waals surface area contributed by atoms with E-state index < -0.39 is 0 Å². The molecular weight excluding hydrogens is 323 g/mol. The van der Waals surface area contributed by atoms with Gasteiger partial charge in [-0.25, -0.2) is 4.39 Å². The largest absolute Gasteiger partial charge is 0.339 e. The van der Waals surface area contributed by atoms with Crippen molar-refractivity contribution in [3.63, 3.8) is 0 Å². The minimum Gasteiger partial charge on any atom is -0.339 e. The zero-order valence-electron chi connectivity index (χ0n) is 11.7.